The van der Waals surface area contributed by atoms with Crippen molar-refractivity contribution in [3.05, 3.63) is 76.0 Å². The molecule has 2 aromatic carbocycles. The summed E-state index contributed by atoms with van der Waals surface area (Å²) in [6.45, 7) is 3.79. The fraction of sp³-hybridized carbons (Fsp3) is 0.158. The Bertz CT molecular complexity index is 1040. The van der Waals surface area contributed by atoms with Gasteiger partial charge in [-0.3, -0.25) is 4.79 Å². The smallest absolute Gasteiger partial charge is 0.255 e. The van der Waals surface area contributed by atoms with Crippen LogP contribution in [0.5, 0.6) is 0 Å². The lowest BCUT2D eigenvalue weighted by Gasteiger charge is -2.28. The van der Waals surface area contributed by atoms with Crippen molar-refractivity contribution < 1.29 is 4.79 Å². The number of amides is 1. The van der Waals surface area contributed by atoms with Gasteiger partial charge in [0.1, 0.15) is 6.04 Å². The maximum absolute atomic E-state index is 13.2. The lowest BCUT2D eigenvalue weighted by molar-refractivity contribution is -0.113. The van der Waals surface area contributed by atoms with Crippen molar-refractivity contribution in [2.24, 2.45) is 0 Å². The lowest BCUT2D eigenvalue weighted by Crippen LogP contribution is -2.31. The van der Waals surface area contributed by atoms with E-state index in [0.717, 1.165) is 16.8 Å². The molecular weight excluding hydrogens is 364 g/mol. The minimum absolute atomic E-state index is 0.213. The third-order valence-corrected chi connectivity index (χ3v) is 4.79. The number of aromatic nitrogens is 4. The Kier molecular flexibility index (Phi) is 4.37. The number of fused-ring (bicyclic) bond motifs is 1. The molecule has 3 aromatic rings. The number of tetrazole rings is 1. The van der Waals surface area contributed by atoms with E-state index in [4.69, 9.17) is 11.6 Å². The molecule has 0 aliphatic carbocycles. The molecule has 0 bridgehead atoms. The van der Waals surface area contributed by atoms with E-state index in [9.17, 15) is 4.79 Å². The Hall–Kier alpha value is -3.19. The summed E-state index contributed by atoms with van der Waals surface area (Å²) in [6.07, 6.45) is 0. The molecule has 0 spiro atoms. The molecule has 27 heavy (non-hydrogen) atoms. The normalized spacial score (nSPS) is 15.9. The summed E-state index contributed by atoms with van der Waals surface area (Å²) >= 11 is 6.03. The van der Waals surface area contributed by atoms with Crippen LogP contribution in [-0.2, 0) is 4.79 Å². The molecule has 0 saturated heterocycles. The number of halogens is 1. The van der Waals surface area contributed by atoms with Gasteiger partial charge in [0, 0.05) is 16.4 Å². The molecule has 2 heterocycles. The van der Waals surface area contributed by atoms with Gasteiger partial charge in [-0.2, -0.15) is 4.68 Å². The molecule has 4 rings (SSSR count). The van der Waals surface area contributed by atoms with Crippen molar-refractivity contribution in [2.75, 3.05) is 10.6 Å². The predicted octanol–water partition coefficient (Wildman–Crippen LogP) is 3.56. The largest absolute Gasteiger partial charge is 0.326 e. The molecule has 136 valence electrons. The van der Waals surface area contributed by atoms with Crippen LogP contribution in [0.1, 0.15) is 24.1 Å². The molecule has 1 aliphatic rings. The zero-order valence-corrected chi connectivity index (χ0v) is 15.5. The second-order valence-corrected chi connectivity index (χ2v) is 6.77. The number of aryl methyl sites for hydroxylation is 1. The third kappa shape index (κ3) is 3.17. The number of nitrogens with one attached hydrogen (secondary N) is 2. The first-order valence-electron chi connectivity index (χ1n) is 8.42. The van der Waals surface area contributed by atoms with Crippen LogP contribution >= 0.6 is 11.6 Å². The van der Waals surface area contributed by atoms with Crippen molar-refractivity contribution in [2.45, 2.75) is 19.9 Å². The molecule has 0 radical (unpaired) electrons. The fourth-order valence-electron chi connectivity index (χ4n) is 3.16. The predicted molar refractivity (Wildman–Crippen MR) is 104 cm³/mol. The van der Waals surface area contributed by atoms with Crippen molar-refractivity contribution in [1.29, 1.82) is 0 Å². The Morgan fingerprint density at radius 1 is 1.15 bits per heavy atom. The highest BCUT2D eigenvalue weighted by molar-refractivity contribution is 6.30. The van der Waals surface area contributed by atoms with E-state index in [1.54, 1.807) is 16.8 Å². The highest BCUT2D eigenvalue weighted by Gasteiger charge is 2.34. The number of hydrogen-bond donors (Lipinski definition) is 2. The van der Waals surface area contributed by atoms with E-state index in [1.165, 1.54) is 0 Å². The number of hydrogen-bond acceptors (Lipinski definition) is 5. The van der Waals surface area contributed by atoms with E-state index in [1.807, 2.05) is 50.2 Å². The number of carbonyl (C=O) groups is 1. The Labute approximate surface area is 161 Å². The Morgan fingerprint density at radius 3 is 2.63 bits per heavy atom. The van der Waals surface area contributed by atoms with E-state index in [2.05, 4.69) is 26.2 Å². The molecule has 0 saturated carbocycles. The number of para-hydroxylation sites is 1. The Balaban J connectivity index is 1.77. The summed E-state index contributed by atoms with van der Waals surface area (Å²) in [5.74, 6) is 0.273. The van der Waals surface area contributed by atoms with Crippen LogP contribution in [0.25, 0.3) is 0 Å². The standard InChI is InChI=1S/C19H17ClN6O/c1-11-5-3-4-6-15(11)22-18(27)16-12(2)21-19-23-24-25-26(19)17(16)13-7-9-14(20)10-8-13/h3-10,17H,1-2H3,(H,22,27)(H,21,23,25)/t17-/m0/s1. The van der Waals surface area contributed by atoms with E-state index in [0.29, 0.717) is 22.2 Å². The van der Waals surface area contributed by atoms with Crippen molar-refractivity contribution in [3.63, 3.8) is 0 Å². The average Bonchev–Trinajstić information content (AvgIpc) is 3.11. The number of benzene rings is 2. The molecule has 1 aliphatic heterocycles. The van der Waals surface area contributed by atoms with Gasteiger partial charge in [0.25, 0.3) is 5.91 Å². The van der Waals surface area contributed by atoms with Gasteiger partial charge in [0.2, 0.25) is 5.95 Å². The highest BCUT2D eigenvalue weighted by atomic mass is 35.5. The number of allylic oxidation sites excluding steroid dienone is 1. The first kappa shape index (κ1) is 17.2. The van der Waals surface area contributed by atoms with Crippen LogP contribution in [0.3, 0.4) is 0 Å². The van der Waals surface area contributed by atoms with Crippen LogP contribution in [-0.4, -0.2) is 26.1 Å². The van der Waals surface area contributed by atoms with Gasteiger partial charge in [0.15, 0.2) is 0 Å². The zero-order valence-electron chi connectivity index (χ0n) is 14.8. The third-order valence-electron chi connectivity index (χ3n) is 4.54. The van der Waals surface area contributed by atoms with Crippen LogP contribution in [0.15, 0.2) is 59.8 Å². The van der Waals surface area contributed by atoms with Crippen molar-refractivity contribution in [1.82, 2.24) is 20.2 Å². The van der Waals surface area contributed by atoms with E-state index in [-0.39, 0.29) is 5.91 Å². The van der Waals surface area contributed by atoms with Crippen LogP contribution in [0.2, 0.25) is 5.02 Å². The van der Waals surface area contributed by atoms with Crippen LogP contribution in [0, 0.1) is 6.92 Å². The van der Waals surface area contributed by atoms with Gasteiger partial charge in [0.05, 0.1) is 5.57 Å². The van der Waals surface area contributed by atoms with E-state index >= 15 is 0 Å². The molecule has 0 fully saturated rings. The Morgan fingerprint density at radius 2 is 1.89 bits per heavy atom. The van der Waals surface area contributed by atoms with Crippen LogP contribution in [0.4, 0.5) is 11.6 Å². The minimum atomic E-state index is -0.461. The topological polar surface area (TPSA) is 84.7 Å². The summed E-state index contributed by atoms with van der Waals surface area (Å²) in [4.78, 5) is 13.2. The van der Waals surface area contributed by atoms with Crippen LogP contribution < -0.4 is 10.6 Å². The zero-order chi connectivity index (χ0) is 19.0. The summed E-state index contributed by atoms with van der Waals surface area (Å²) < 4.78 is 1.60. The van der Waals surface area contributed by atoms with Gasteiger partial charge in [-0.05, 0) is 53.6 Å². The van der Waals surface area contributed by atoms with Gasteiger partial charge >= 0.3 is 0 Å². The monoisotopic (exact) mass is 380 g/mol. The van der Waals surface area contributed by atoms with Gasteiger partial charge in [-0.25, -0.2) is 0 Å². The average molecular weight is 381 g/mol. The summed E-state index contributed by atoms with van der Waals surface area (Å²) in [5.41, 5.74) is 3.85. The van der Waals surface area contributed by atoms with E-state index < -0.39 is 6.04 Å². The van der Waals surface area contributed by atoms with Gasteiger partial charge in [-0.1, -0.05) is 47.0 Å². The first-order valence-corrected chi connectivity index (χ1v) is 8.80. The first-order chi connectivity index (χ1) is 13.0. The number of carbonyl (C=O) groups excluding carboxylic acids is 1. The molecular formula is C19H17ClN6O. The lowest BCUT2D eigenvalue weighted by atomic mass is 9.95. The summed E-state index contributed by atoms with van der Waals surface area (Å²) in [5, 5.41) is 18.5. The maximum atomic E-state index is 13.2. The highest BCUT2D eigenvalue weighted by Crippen LogP contribution is 2.35. The second-order valence-electron chi connectivity index (χ2n) is 6.33. The van der Waals surface area contributed by atoms with Crippen molar-refractivity contribution in [3.8, 4) is 0 Å². The fourth-order valence-corrected chi connectivity index (χ4v) is 3.29. The maximum Gasteiger partial charge on any atom is 0.255 e. The molecule has 8 heteroatoms. The number of nitrogens with zero attached hydrogens (tertiary/aromatic N) is 4. The molecule has 7 nitrogen and oxygen atoms in total. The van der Waals surface area contributed by atoms with Crippen molar-refractivity contribution >= 4 is 29.1 Å². The molecule has 2 N–H and O–H groups in total. The quantitative estimate of drug-likeness (QED) is 0.725. The molecule has 1 atom stereocenters. The molecule has 1 aromatic heterocycles. The minimum Gasteiger partial charge on any atom is -0.326 e. The second kappa shape index (κ2) is 6.85. The summed E-state index contributed by atoms with van der Waals surface area (Å²) in [6, 6.07) is 14.5. The van der Waals surface area contributed by atoms with Gasteiger partial charge < -0.3 is 10.6 Å². The summed E-state index contributed by atoms with van der Waals surface area (Å²) in [7, 11) is 0. The molecule has 1 amide bonds. The SMILES string of the molecule is CC1=C(C(=O)Nc2ccccc2C)[C@H](c2ccc(Cl)cc2)n2nnnc2N1. The molecule has 0 unspecified atom stereocenters. The number of anilines is 2. The van der Waals surface area contributed by atoms with Gasteiger partial charge in [-0.15, -0.1) is 0 Å². The number of rotatable bonds is 3.